The Bertz CT molecular complexity index is 1280. The Balaban J connectivity index is 1.10. The second-order valence-electron chi connectivity index (χ2n) is 10.3. The minimum atomic E-state index is 0.445. The molecule has 0 bridgehead atoms. The van der Waals surface area contributed by atoms with Gasteiger partial charge in [0, 0.05) is 48.9 Å². The predicted molar refractivity (Wildman–Crippen MR) is 145 cm³/mol. The van der Waals surface area contributed by atoms with Crippen molar-refractivity contribution < 1.29 is 0 Å². The number of hydrogen-bond donors (Lipinski definition) is 1. The zero-order chi connectivity index (χ0) is 24.3. The van der Waals surface area contributed by atoms with Crippen molar-refractivity contribution in [3.63, 3.8) is 0 Å². The molecule has 1 N–H and O–H groups in total. The van der Waals surface area contributed by atoms with Crippen LogP contribution in [0.1, 0.15) is 67.2 Å². The van der Waals surface area contributed by atoms with Gasteiger partial charge in [-0.05, 0) is 80.2 Å². The predicted octanol–water partition coefficient (Wildman–Crippen LogP) is 4.44. The molecule has 4 heterocycles. The van der Waals surface area contributed by atoms with Gasteiger partial charge in [0.25, 0.3) is 0 Å². The zero-order valence-electron chi connectivity index (χ0n) is 20.8. The second kappa shape index (κ2) is 10.4. The van der Waals surface area contributed by atoms with E-state index in [9.17, 15) is 0 Å². The number of hydrogen-bond acceptors (Lipinski definition) is 5. The summed E-state index contributed by atoms with van der Waals surface area (Å²) in [6, 6.07) is 18.0. The Morgan fingerprint density at radius 1 is 0.889 bits per heavy atom. The summed E-state index contributed by atoms with van der Waals surface area (Å²) < 4.78 is 1.81. The molecule has 36 heavy (non-hydrogen) atoms. The Morgan fingerprint density at radius 3 is 2.44 bits per heavy atom. The highest BCUT2D eigenvalue weighted by Gasteiger charge is 2.30. The highest BCUT2D eigenvalue weighted by molar-refractivity contribution is 6.36. The molecule has 0 spiro atoms. The van der Waals surface area contributed by atoms with Gasteiger partial charge in [0.05, 0.1) is 0 Å². The van der Waals surface area contributed by atoms with Crippen molar-refractivity contribution in [3.8, 4) is 0 Å². The number of anilines is 1. The number of likely N-dealkylation sites (tertiary alicyclic amines) is 1. The maximum atomic E-state index is 6.23. The molecule has 1 aliphatic carbocycles. The van der Waals surface area contributed by atoms with Gasteiger partial charge < -0.3 is 10.2 Å². The van der Waals surface area contributed by atoms with Crippen LogP contribution in [-0.2, 0) is 6.54 Å². The van der Waals surface area contributed by atoms with Crippen LogP contribution >= 0.6 is 0 Å². The van der Waals surface area contributed by atoms with Crippen LogP contribution in [0.25, 0.3) is 5.65 Å². The fourth-order valence-electron chi connectivity index (χ4n) is 6.09. The van der Waals surface area contributed by atoms with E-state index in [1.54, 1.807) is 12.4 Å². The number of aromatic nitrogens is 4. The summed E-state index contributed by atoms with van der Waals surface area (Å²) in [7, 11) is 6.23. The van der Waals surface area contributed by atoms with Gasteiger partial charge in [-0.1, -0.05) is 36.4 Å². The van der Waals surface area contributed by atoms with E-state index < -0.39 is 0 Å². The standard InChI is InChI=1S/C29H33BN6/c30-26-20-33-36-28(32-19-21-5-4-14-31-18-21)17-27(34-29(26)36)24-12-15-35(16-13-24)25-10-8-23(9-11-25)22-6-2-1-3-7-22/h1-7,14,17-18,20,23-25,32H,8-13,15-16,19H2. The smallest absolute Gasteiger partial charge is 0.150 e. The van der Waals surface area contributed by atoms with Crippen LogP contribution in [0, 0.1) is 0 Å². The van der Waals surface area contributed by atoms with E-state index in [0.29, 0.717) is 17.9 Å². The summed E-state index contributed by atoms with van der Waals surface area (Å²) in [5.74, 6) is 2.10. The number of pyridine rings is 1. The van der Waals surface area contributed by atoms with Crippen molar-refractivity contribution in [1.29, 1.82) is 0 Å². The van der Waals surface area contributed by atoms with E-state index in [2.05, 4.69) is 62.8 Å². The highest BCUT2D eigenvalue weighted by Crippen LogP contribution is 2.37. The Morgan fingerprint density at radius 2 is 1.69 bits per heavy atom. The van der Waals surface area contributed by atoms with Gasteiger partial charge in [-0.3, -0.25) is 4.98 Å². The van der Waals surface area contributed by atoms with Crippen molar-refractivity contribution in [3.05, 3.63) is 83.9 Å². The minimum Gasteiger partial charge on any atom is -0.366 e. The fraction of sp³-hybridized carbons (Fsp3) is 0.414. The normalized spacial score (nSPS) is 21.6. The van der Waals surface area contributed by atoms with Crippen LogP contribution in [0.2, 0.25) is 0 Å². The number of fused-ring (bicyclic) bond motifs is 1. The van der Waals surface area contributed by atoms with Crippen LogP contribution in [0.5, 0.6) is 0 Å². The van der Waals surface area contributed by atoms with E-state index in [0.717, 1.165) is 60.6 Å². The van der Waals surface area contributed by atoms with Crippen LogP contribution in [-0.4, -0.2) is 51.5 Å². The van der Waals surface area contributed by atoms with Crippen molar-refractivity contribution >= 4 is 24.8 Å². The number of nitrogens with zero attached hydrogens (tertiary/aromatic N) is 5. The summed E-state index contributed by atoms with van der Waals surface area (Å²) >= 11 is 0. The first-order chi connectivity index (χ1) is 17.7. The fourth-order valence-corrected chi connectivity index (χ4v) is 6.09. The summed E-state index contributed by atoms with van der Waals surface area (Å²) in [4.78, 5) is 11.9. The molecule has 7 heteroatoms. The third kappa shape index (κ3) is 4.89. The first-order valence-corrected chi connectivity index (χ1v) is 13.3. The maximum absolute atomic E-state index is 6.23. The Hall–Kier alpha value is -3.19. The summed E-state index contributed by atoms with van der Waals surface area (Å²) in [6.45, 7) is 2.97. The van der Waals surface area contributed by atoms with E-state index in [1.165, 1.54) is 31.2 Å². The Labute approximate surface area is 214 Å². The van der Waals surface area contributed by atoms with E-state index in [-0.39, 0.29) is 0 Å². The first kappa shape index (κ1) is 23.2. The van der Waals surface area contributed by atoms with Gasteiger partial charge in [-0.15, -0.1) is 0 Å². The molecular formula is C29H33BN6. The Kier molecular flexibility index (Phi) is 6.73. The molecule has 1 saturated heterocycles. The summed E-state index contributed by atoms with van der Waals surface area (Å²) in [5, 5.41) is 7.99. The lowest BCUT2D eigenvalue weighted by Crippen LogP contribution is -2.42. The SMILES string of the molecule is [B]c1cnn2c(NCc3cccnc3)cc(C3CCN(C4CCC(c5ccccc5)CC4)CC3)nc12. The first-order valence-electron chi connectivity index (χ1n) is 13.3. The molecule has 1 aromatic carbocycles. The number of nitrogens with one attached hydrogen (secondary N) is 1. The van der Waals surface area contributed by atoms with E-state index >= 15 is 0 Å². The third-order valence-electron chi connectivity index (χ3n) is 8.15. The van der Waals surface area contributed by atoms with Crippen LogP contribution in [0.15, 0.2) is 67.1 Å². The quantitative estimate of drug-likeness (QED) is 0.417. The molecule has 2 aliphatic rings. The average Bonchev–Trinajstić information content (AvgIpc) is 3.33. The van der Waals surface area contributed by atoms with Crippen molar-refractivity contribution in [2.24, 2.45) is 0 Å². The zero-order valence-corrected chi connectivity index (χ0v) is 20.8. The van der Waals surface area contributed by atoms with Crippen LogP contribution < -0.4 is 10.8 Å². The third-order valence-corrected chi connectivity index (χ3v) is 8.15. The lowest BCUT2D eigenvalue weighted by Gasteiger charge is -2.41. The molecule has 0 atom stereocenters. The lowest BCUT2D eigenvalue weighted by molar-refractivity contribution is 0.116. The van der Waals surface area contributed by atoms with E-state index in [1.807, 2.05) is 16.8 Å². The molecule has 4 aromatic rings. The van der Waals surface area contributed by atoms with Gasteiger partial charge in [0.15, 0.2) is 0 Å². The highest BCUT2D eigenvalue weighted by atomic mass is 15.3. The number of rotatable bonds is 6. The molecule has 3 aromatic heterocycles. The van der Waals surface area contributed by atoms with Gasteiger partial charge >= 0.3 is 0 Å². The molecule has 182 valence electrons. The van der Waals surface area contributed by atoms with Crippen LogP contribution in [0.4, 0.5) is 5.82 Å². The second-order valence-corrected chi connectivity index (χ2v) is 10.3. The molecule has 6 nitrogen and oxygen atoms in total. The van der Waals surface area contributed by atoms with Crippen molar-refractivity contribution in [1.82, 2.24) is 24.5 Å². The summed E-state index contributed by atoms with van der Waals surface area (Å²) in [6.07, 6.45) is 12.9. The van der Waals surface area contributed by atoms with Crippen molar-refractivity contribution in [2.75, 3.05) is 18.4 Å². The molecule has 0 unspecified atom stereocenters. The average molecular weight is 476 g/mol. The minimum absolute atomic E-state index is 0.445. The molecule has 1 saturated carbocycles. The number of benzene rings is 1. The van der Waals surface area contributed by atoms with Gasteiger partial charge in [0.1, 0.15) is 19.3 Å². The topological polar surface area (TPSA) is 58.4 Å². The van der Waals surface area contributed by atoms with Gasteiger partial charge in [-0.2, -0.15) is 9.61 Å². The number of piperidine rings is 1. The molecule has 2 fully saturated rings. The maximum Gasteiger partial charge on any atom is 0.150 e. The van der Waals surface area contributed by atoms with Crippen molar-refractivity contribution in [2.45, 2.75) is 62.9 Å². The van der Waals surface area contributed by atoms with Gasteiger partial charge in [-0.25, -0.2) is 4.98 Å². The lowest BCUT2D eigenvalue weighted by atomic mass is 9.80. The monoisotopic (exact) mass is 476 g/mol. The van der Waals surface area contributed by atoms with E-state index in [4.69, 9.17) is 12.8 Å². The van der Waals surface area contributed by atoms with Crippen LogP contribution in [0.3, 0.4) is 0 Å². The molecule has 2 radical (unpaired) electrons. The summed E-state index contributed by atoms with van der Waals surface area (Å²) in [5.41, 5.74) is 5.12. The van der Waals surface area contributed by atoms with Gasteiger partial charge in [0.2, 0.25) is 0 Å². The largest absolute Gasteiger partial charge is 0.366 e. The molecule has 1 aliphatic heterocycles. The molecule has 6 rings (SSSR count). The molecule has 0 amide bonds. The molecular weight excluding hydrogens is 443 g/mol.